The highest BCUT2D eigenvalue weighted by Gasteiger charge is 1.90. The van der Waals surface area contributed by atoms with Crippen molar-refractivity contribution in [3.63, 3.8) is 0 Å². The summed E-state index contributed by atoms with van der Waals surface area (Å²) in [4.78, 5) is 3.94. The van der Waals surface area contributed by atoms with E-state index in [0.29, 0.717) is 0 Å². The highest BCUT2D eigenvalue weighted by atomic mass is 14.9. The predicted molar refractivity (Wildman–Crippen MR) is 52.8 cm³/mol. The van der Waals surface area contributed by atoms with Gasteiger partial charge >= 0.3 is 0 Å². The monoisotopic (exact) mass is 169 g/mol. The van der Waals surface area contributed by atoms with Crippen molar-refractivity contribution in [3.8, 4) is 0 Å². The van der Waals surface area contributed by atoms with E-state index in [4.69, 9.17) is 0 Å². The molecule has 0 aliphatic carbocycles. The molecule has 0 atom stereocenters. The van der Waals surface area contributed by atoms with Gasteiger partial charge in [-0.25, -0.2) is 0 Å². The van der Waals surface area contributed by atoms with Crippen LogP contribution < -0.4 is 5.32 Å². The Morgan fingerprint density at radius 3 is 2.62 bits per heavy atom. The molecule has 0 amide bonds. The quantitative estimate of drug-likeness (QED) is 0.747. The summed E-state index contributed by atoms with van der Waals surface area (Å²) >= 11 is 0. The number of nitrogens with zero attached hydrogens (tertiary/aromatic N) is 1. The van der Waals surface area contributed by atoms with Gasteiger partial charge in [-0.2, -0.15) is 0 Å². The first-order valence-electron chi connectivity index (χ1n) is 4.08. The maximum atomic E-state index is 3.94. The Balaban J connectivity index is 2.16. The smallest absolute Gasteiger partial charge is 0.0415 e. The van der Waals surface area contributed by atoms with Gasteiger partial charge in [0.05, 0.1) is 0 Å². The fourth-order valence-electron chi connectivity index (χ4n) is 1.07. The fourth-order valence-corrected chi connectivity index (χ4v) is 1.07. The molecule has 2 aromatic rings. The van der Waals surface area contributed by atoms with Crippen molar-refractivity contribution in [2.24, 2.45) is 0 Å². The molecule has 0 spiro atoms. The van der Waals surface area contributed by atoms with Crippen LogP contribution in [0.1, 0.15) is 0 Å². The molecule has 1 aromatic heterocycles. The van der Waals surface area contributed by atoms with Crippen LogP contribution in [-0.2, 0) is 0 Å². The number of hydrogen-bond donors (Lipinski definition) is 1. The van der Waals surface area contributed by atoms with Crippen molar-refractivity contribution < 1.29 is 0 Å². The zero-order chi connectivity index (χ0) is 8.93. The fraction of sp³-hybridized carbons (Fsp3) is 0. The van der Waals surface area contributed by atoms with Crippen LogP contribution in [0, 0.1) is 6.07 Å². The number of hydrogen-bond acceptors (Lipinski definition) is 2. The molecule has 1 heterocycles. The second kappa shape index (κ2) is 3.72. The minimum absolute atomic E-state index is 1.04. The lowest BCUT2D eigenvalue weighted by Crippen LogP contribution is -1.88. The molecular weight excluding hydrogens is 160 g/mol. The standard InChI is InChI=1S/C11H9N2/c1-2-4-10(5-3-1)13-11-6-8-12-9-7-11/h1-2,4-9H,(H,12,13). The summed E-state index contributed by atoms with van der Waals surface area (Å²) in [7, 11) is 0. The van der Waals surface area contributed by atoms with Gasteiger partial charge in [-0.15, -0.1) is 0 Å². The maximum absolute atomic E-state index is 3.94. The Kier molecular flexibility index (Phi) is 2.23. The zero-order valence-corrected chi connectivity index (χ0v) is 7.07. The van der Waals surface area contributed by atoms with E-state index >= 15 is 0 Å². The largest absolute Gasteiger partial charge is 0.355 e. The van der Waals surface area contributed by atoms with Crippen molar-refractivity contribution in [2.75, 3.05) is 5.32 Å². The van der Waals surface area contributed by atoms with E-state index in [1.165, 1.54) is 0 Å². The third kappa shape index (κ3) is 2.06. The van der Waals surface area contributed by atoms with Gasteiger partial charge in [0.15, 0.2) is 0 Å². The molecule has 0 saturated carbocycles. The van der Waals surface area contributed by atoms with Gasteiger partial charge in [0.25, 0.3) is 0 Å². The molecule has 0 aliphatic rings. The summed E-state index contributed by atoms with van der Waals surface area (Å²) in [6, 6.07) is 14.6. The van der Waals surface area contributed by atoms with E-state index in [9.17, 15) is 0 Å². The van der Waals surface area contributed by atoms with Crippen LogP contribution in [-0.4, -0.2) is 4.98 Å². The molecule has 0 fully saturated rings. The minimum Gasteiger partial charge on any atom is -0.355 e. The highest BCUT2D eigenvalue weighted by molar-refractivity contribution is 5.58. The van der Waals surface area contributed by atoms with Crippen LogP contribution in [0.15, 0.2) is 48.8 Å². The Hall–Kier alpha value is -1.83. The first-order chi connectivity index (χ1) is 6.45. The summed E-state index contributed by atoms with van der Waals surface area (Å²) in [5, 5.41) is 3.23. The molecule has 2 rings (SSSR count). The lowest BCUT2D eigenvalue weighted by Gasteiger charge is -2.04. The molecule has 0 saturated heterocycles. The molecule has 63 valence electrons. The van der Waals surface area contributed by atoms with Gasteiger partial charge in [-0.05, 0) is 30.3 Å². The van der Waals surface area contributed by atoms with Gasteiger partial charge in [0, 0.05) is 23.8 Å². The summed E-state index contributed by atoms with van der Waals surface area (Å²) < 4.78 is 0. The van der Waals surface area contributed by atoms with Crippen molar-refractivity contribution >= 4 is 11.4 Å². The zero-order valence-electron chi connectivity index (χ0n) is 7.07. The van der Waals surface area contributed by atoms with E-state index in [2.05, 4.69) is 16.4 Å². The number of benzene rings is 1. The van der Waals surface area contributed by atoms with Crippen LogP contribution in [0.4, 0.5) is 11.4 Å². The molecule has 13 heavy (non-hydrogen) atoms. The maximum Gasteiger partial charge on any atom is 0.0415 e. The SMILES string of the molecule is [c]1cccc(Nc2ccncc2)c1. The molecule has 0 unspecified atom stereocenters. The molecule has 1 aromatic carbocycles. The topological polar surface area (TPSA) is 24.9 Å². The van der Waals surface area contributed by atoms with Crippen LogP contribution in [0.2, 0.25) is 0 Å². The van der Waals surface area contributed by atoms with Crippen LogP contribution in [0.25, 0.3) is 0 Å². The van der Waals surface area contributed by atoms with Crippen LogP contribution >= 0.6 is 0 Å². The summed E-state index contributed by atoms with van der Waals surface area (Å²) in [5.41, 5.74) is 2.07. The third-order valence-electron chi connectivity index (χ3n) is 1.68. The van der Waals surface area contributed by atoms with Gasteiger partial charge in [-0.1, -0.05) is 12.1 Å². The number of aromatic nitrogens is 1. The summed E-state index contributed by atoms with van der Waals surface area (Å²) in [6.45, 7) is 0. The predicted octanol–water partition coefficient (Wildman–Crippen LogP) is 2.63. The lowest BCUT2D eigenvalue weighted by atomic mass is 10.3. The van der Waals surface area contributed by atoms with Crippen molar-refractivity contribution in [1.29, 1.82) is 0 Å². The van der Waals surface area contributed by atoms with E-state index in [-0.39, 0.29) is 0 Å². The Morgan fingerprint density at radius 2 is 1.92 bits per heavy atom. The van der Waals surface area contributed by atoms with E-state index in [1.807, 2.05) is 36.4 Å². The second-order valence-electron chi connectivity index (χ2n) is 2.65. The Bertz CT molecular complexity index is 319. The average molecular weight is 169 g/mol. The first-order valence-corrected chi connectivity index (χ1v) is 4.08. The van der Waals surface area contributed by atoms with Crippen LogP contribution in [0.3, 0.4) is 0 Å². The van der Waals surface area contributed by atoms with Crippen molar-refractivity contribution in [3.05, 3.63) is 54.9 Å². The van der Waals surface area contributed by atoms with E-state index < -0.39 is 0 Å². The van der Waals surface area contributed by atoms with E-state index in [1.54, 1.807) is 12.4 Å². The summed E-state index contributed by atoms with van der Waals surface area (Å²) in [5.74, 6) is 0. The number of nitrogens with one attached hydrogen (secondary N) is 1. The highest BCUT2D eigenvalue weighted by Crippen LogP contribution is 2.13. The van der Waals surface area contributed by atoms with E-state index in [0.717, 1.165) is 11.4 Å². The molecule has 0 aliphatic heterocycles. The normalized spacial score (nSPS) is 9.54. The second-order valence-corrected chi connectivity index (χ2v) is 2.65. The summed E-state index contributed by atoms with van der Waals surface area (Å²) in [6.07, 6.45) is 3.52. The number of pyridine rings is 1. The molecule has 1 radical (unpaired) electrons. The molecular formula is C11H9N2. The first kappa shape index (κ1) is 7.80. The number of rotatable bonds is 2. The van der Waals surface area contributed by atoms with Gasteiger partial charge < -0.3 is 5.32 Å². The average Bonchev–Trinajstić information content (AvgIpc) is 2.21. The van der Waals surface area contributed by atoms with Crippen molar-refractivity contribution in [2.45, 2.75) is 0 Å². The Labute approximate surface area is 77.3 Å². The number of anilines is 2. The molecule has 1 N–H and O–H groups in total. The minimum atomic E-state index is 1.04. The Morgan fingerprint density at radius 1 is 1.08 bits per heavy atom. The molecule has 0 bridgehead atoms. The van der Waals surface area contributed by atoms with Gasteiger partial charge in [0.2, 0.25) is 0 Å². The van der Waals surface area contributed by atoms with Gasteiger partial charge in [-0.3, -0.25) is 4.98 Å². The van der Waals surface area contributed by atoms with Crippen molar-refractivity contribution in [1.82, 2.24) is 4.98 Å². The third-order valence-corrected chi connectivity index (χ3v) is 1.68. The lowest BCUT2D eigenvalue weighted by molar-refractivity contribution is 1.32. The molecule has 2 heteroatoms. The van der Waals surface area contributed by atoms with Gasteiger partial charge in [0.1, 0.15) is 0 Å². The van der Waals surface area contributed by atoms with Crippen LogP contribution in [0.5, 0.6) is 0 Å². The molecule has 2 nitrogen and oxygen atoms in total.